The van der Waals surface area contributed by atoms with Crippen molar-refractivity contribution in [3.05, 3.63) is 42.2 Å². The fourth-order valence-electron chi connectivity index (χ4n) is 1.22. The van der Waals surface area contributed by atoms with Crippen LogP contribution in [0.25, 0.3) is 0 Å². The molecule has 1 N–H and O–H groups in total. The van der Waals surface area contributed by atoms with E-state index in [4.69, 9.17) is 0 Å². The number of carbonyl (C=O) groups is 1. The van der Waals surface area contributed by atoms with Crippen LogP contribution in [0.4, 0.5) is 0 Å². The van der Waals surface area contributed by atoms with E-state index < -0.39 is 0 Å². The minimum Gasteiger partial charge on any atom is -0.345 e. The van der Waals surface area contributed by atoms with Gasteiger partial charge in [0.1, 0.15) is 5.82 Å². The van der Waals surface area contributed by atoms with Gasteiger partial charge in [0.25, 0.3) is 5.91 Å². The summed E-state index contributed by atoms with van der Waals surface area (Å²) in [6, 6.07) is 1.72. The summed E-state index contributed by atoms with van der Waals surface area (Å²) >= 11 is 1.43. The monoisotopic (exact) mass is 261 g/mol. The molecule has 1 amide bonds. The third-order valence-electron chi connectivity index (χ3n) is 2.10. The molecule has 2 rings (SSSR count). The molecule has 0 saturated carbocycles. The highest BCUT2D eigenvalue weighted by atomic mass is 32.2. The van der Waals surface area contributed by atoms with E-state index in [0.29, 0.717) is 16.5 Å². The minimum absolute atomic E-state index is 0.241. The molecule has 0 fully saturated rings. The molecule has 0 aliphatic carbocycles. The van der Waals surface area contributed by atoms with Crippen LogP contribution in [0.5, 0.6) is 0 Å². The van der Waals surface area contributed by atoms with Crippen LogP contribution >= 0.6 is 11.8 Å². The Morgan fingerprint density at radius 3 is 2.50 bits per heavy atom. The summed E-state index contributed by atoms with van der Waals surface area (Å²) in [5, 5.41) is 3.34. The van der Waals surface area contributed by atoms with E-state index in [1.165, 1.54) is 24.2 Å². The van der Waals surface area contributed by atoms with Crippen molar-refractivity contribution in [1.82, 2.24) is 25.3 Å². The molecule has 2 heterocycles. The lowest BCUT2D eigenvalue weighted by atomic mass is 10.3. The van der Waals surface area contributed by atoms with E-state index >= 15 is 0 Å². The van der Waals surface area contributed by atoms with Crippen LogP contribution < -0.4 is 5.32 Å². The van der Waals surface area contributed by atoms with Gasteiger partial charge in [-0.05, 0) is 12.3 Å². The number of aromatic nitrogens is 4. The second-order valence-electron chi connectivity index (χ2n) is 3.31. The molecule has 0 aromatic carbocycles. The minimum atomic E-state index is -0.241. The first-order valence-corrected chi connectivity index (χ1v) is 6.42. The number of nitrogens with zero attached hydrogens (tertiary/aromatic N) is 4. The Kier molecular flexibility index (Phi) is 4.19. The van der Waals surface area contributed by atoms with Crippen LogP contribution in [0.2, 0.25) is 0 Å². The maximum absolute atomic E-state index is 11.8. The van der Waals surface area contributed by atoms with Gasteiger partial charge in [-0.2, -0.15) is 0 Å². The largest absolute Gasteiger partial charge is 0.345 e. The molecular formula is C11H11N5OS. The van der Waals surface area contributed by atoms with Gasteiger partial charge in [0, 0.05) is 24.8 Å². The van der Waals surface area contributed by atoms with Crippen molar-refractivity contribution >= 4 is 17.7 Å². The van der Waals surface area contributed by atoms with Crippen molar-refractivity contribution in [2.75, 3.05) is 6.26 Å². The highest BCUT2D eigenvalue weighted by molar-refractivity contribution is 7.98. The number of carbonyl (C=O) groups excluding carboxylic acids is 1. The van der Waals surface area contributed by atoms with E-state index in [0.717, 1.165) is 0 Å². The number of rotatable bonds is 4. The molecule has 0 aliphatic rings. The van der Waals surface area contributed by atoms with Gasteiger partial charge < -0.3 is 5.32 Å². The zero-order chi connectivity index (χ0) is 12.8. The Bertz CT molecular complexity index is 517. The Labute approximate surface area is 108 Å². The molecule has 18 heavy (non-hydrogen) atoms. The molecule has 0 saturated heterocycles. The maximum Gasteiger partial charge on any atom is 0.254 e. The zero-order valence-corrected chi connectivity index (χ0v) is 10.5. The highest BCUT2D eigenvalue weighted by Gasteiger charge is 2.07. The lowest BCUT2D eigenvalue weighted by Gasteiger charge is -2.03. The number of hydrogen-bond donors (Lipinski definition) is 1. The summed E-state index contributed by atoms with van der Waals surface area (Å²) in [5.74, 6) is 0.322. The molecule has 0 unspecified atom stereocenters. The summed E-state index contributed by atoms with van der Waals surface area (Å²) in [4.78, 5) is 27.9. The number of hydrogen-bond acceptors (Lipinski definition) is 6. The molecular weight excluding hydrogens is 250 g/mol. The summed E-state index contributed by atoms with van der Waals surface area (Å²) in [6.45, 7) is 0.282. The van der Waals surface area contributed by atoms with E-state index in [-0.39, 0.29) is 12.5 Å². The van der Waals surface area contributed by atoms with Crippen LogP contribution in [0.15, 0.2) is 36.0 Å². The van der Waals surface area contributed by atoms with E-state index in [2.05, 4.69) is 25.3 Å². The second kappa shape index (κ2) is 6.06. The van der Waals surface area contributed by atoms with Crippen LogP contribution in [0.1, 0.15) is 16.2 Å². The van der Waals surface area contributed by atoms with Crippen molar-refractivity contribution in [1.29, 1.82) is 0 Å². The standard InChI is InChI=1S/C11H11N5OS/c1-18-11-15-5-8(6-16-11)10(17)14-7-9-12-3-2-4-13-9/h2-6H,7H2,1H3,(H,14,17). The smallest absolute Gasteiger partial charge is 0.254 e. The molecule has 2 aromatic rings. The number of amides is 1. The third kappa shape index (κ3) is 3.24. The molecule has 0 bridgehead atoms. The topological polar surface area (TPSA) is 80.7 Å². The average molecular weight is 261 g/mol. The SMILES string of the molecule is CSc1ncc(C(=O)NCc2ncccn2)cn1. The maximum atomic E-state index is 11.8. The van der Waals surface area contributed by atoms with Crippen molar-refractivity contribution < 1.29 is 4.79 Å². The summed E-state index contributed by atoms with van der Waals surface area (Å²) < 4.78 is 0. The van der Waals surface area contributed by atoms with Gasteiger partial charge in [-0.15, -0.1) is 0 Å². The van der Waals surface area contributed by atoms with Crippen molar-refractivity contribution in [2.45, 2.75) is 11.7 Å². The van der Waals surface area contributed by atoms with Gasteiger partial charge in [-0.1, -0.05) is 11.8 Å². The van der Waals surface area contributed by atoms with Gasteiger partial charge in [-0.25, -0.2) is 19.9 Å². The first-order valence-electron chi connectivity index (χ1n) is 5.19. The van der Waals surface area contributed by atoms with Gasteiger partial charge in [0.05, 0.1) is 12.1 Å². The Balaban J connectivity index is 1.95. The molecule has 2 aromatic heterocycles. The highest BCUT2D eigenvalue weighted by Crippen LogP contribution is 2.06. The Morgan fingerprint density at radius 2 is 1.89 bits per heavy atom. The third-order valence-corrected chi connectivity index (χ3v) is 2.68. The summed E-state index contributed by atoms with van der Waals surface area (Å²) in [6.07, 6.45) is 8.14. The molecule has 0 spiro atoms. The van der Waals surface area contributed by atoms with Crippen LogP contribution in [0.3, 0.4) is 0 Å². The van der Waals surface area contributed by atoms with E-state index in [1.807, 2.05) is 6.26 Å². The average Bonchev–Trinajstić information content (AvgIpc) is 2.46. The normalized spacial score (nSPS) is 10.1. The zero-order valence-electron chi connectivity index (χ0n) is 9.70. The van der Waals surface area contributed by atoms with Gasteiger partial charge in [0.2, 0.25) is 0 Å². The van der Waals surface area contributed by atoms with Gasteiger partial charge >= 0.3 is 0 Å². The first kappa shape index (κ1) is 12.4. The lowest BCUT2D eigenvalue weighted by Crippen LogP contribution is -2.24. The number of thioether (sulfide) groups is 1. The quantitative estimate of drug-likeness (QED) is 0.651. The Morgan fingerprint density at radius 1 is 1.22 bits per heavy atom. The summed E-state index contributed by atoms with van der Waals surface area (Å²) in [5.41, 5.74) is 0.420. The van der Waals surface area contributed by atoms with Gasteiger partial charge in [0.15, 0.2) is 5.16 Å². The van der Waals surface area contributed by atoms with Crippen molar-refractivity contribution in [3.8, 4) is 0 Å². The molecule has 0 radical (unpaired) electrons. The Hall–Kier alpha value is -2.02. The lowest BCUT2D eigenvalue weighted by molar-refractivity contribution is 0.0949. The van der Waals surface area contributed by atoms with Crippen LogP contribution in [-0.2, 0) is 6.54 Å². The molecule has 0 aliphatic heterocycles. The molecule has 7 heteroatoms. The fraction of sp³-hybridized carbons (Fsp3) is 0.182. The summed E-state index contributed by atoms with van der Waals surface area (Å²) in [7, 11) is 0. The van der Waals surface area contributed by atoms with E-state index in [9.17, 15) is 4.79 Å². The number of nitrogens with one attached hydrogen (secondary N) is 1. The molecule has 92 valence electrons. The van der Waals surface area contributed by atoms with Crippen LogP contribution in [-0.4, -0.2) is 32.1 Å². The van der Waals surface area contributed by atoms with Gasteiger partial charge in [-0.3, -0.25) is 4.79 Å². The first-order chi connectivity index (χ1) is 8.79. The van der Waals surface area contributed by atoms with E-state index in [1.54, 1.807) is 18.5 Å². The predicted octanol–water partition coefficient (Wildman–Crippen LogP) is 0.918. The molecule has 6 nitrogen and oxygen atoms in total. The predicted molar refractivity (Wildman–Crippen MR) is 67.0 cm³/mol. The molecule has 0 atom stereocenters. The second-order valence-corrected chi connectivity index (χ2v) is 4.08. The van der Waals surface area contributed by atoms with Crippen molar-refractivity contribution in [3.63, 3.8) is 0 Å². The fourth-order valence-corrected chi connectivity index (χ4v) is 1.54. The van der Waals surface area contributed by atoms with Crippen molar-refractivity contribution in [2.24, 2.45) is 0 Å². The van der Waals surface area contributed by atoms with Crippen LogP contribution in [0, 0.1) is 0 Å².